The molecular weight excluding hydrogens is 238 g/mol. The van der Waals surface area contributed by atoms with Crippen molar-refractivity contribution >= 4 is 0 Å². The van der Waals surface area contributed by atoms with Gasteiger partial charge in [-0.3, -0.25) is 9.80 Å². The standard InChI is InChI=1S/C15H31N3O/c1-3-13-5-6-18(14(9-13)10-16)12-15-11-17(4-2)7-8-19-15/h13-15H,3-12,16H2,1-2H3. The fraction of sp³-hybridized carbons (Fsp3) is 1.00. The number of likely N-dealkylation sites (N-methyl/N-ethyl adjacent to an activating group) is 1. The molecule has 0 amide bonds. The van der Waals surface area contributed by atoms with Gasteiger partial charge in [0.15, 0.2) is 0 Å². The molecule has 2 N–H and O–H groups in total. The number of piperidine rings is 1. The number of likely N-dealkylation sites (tertiary alicyclic amines) is 1. The van der Waals surface area contributed by atoms with E-state index in [1.807, 2.05) is 0 Å². The van der Waals surface area contributed by atoms with Crippen LogP contribution >= 0.6 is 0 Å². The fourth-order valence-electron chi connectivity index (χ4n) is 3.48. The molecule has 2 saturated heterocycles. The molecule has 2 aliphatic rings. The minimum atomic E-state index is 0.376. The summed E-state index contributed by atoms with van der Waals surface area (Å²) in [6.45, 7) is 11.8. The summed E-state index contributed by atoms with van der Waals surface area (Å²) in [4.78, 5) is 5.07. The summed E-state index contributed by atoms with van der Waals surface area (Å²) in [6, 6.07) is 0.569. The minimum absolute atomic E-state index is 0.376. The van der Waals surface area contributed by atoms with Gasteiger partial charge < -0.3 is 10.5 Å². The van der Waals surface area contributed by atoms with E-state index in [0.29, 0.717) is 12.1 Å². The smallest absolute Gasteiger partial charge is 0.0829 e. The highest BCUT2D eigenvalue weighted by atomic mass is 16.5. The van der Waals surface area contributed by atoms with Crippen LogP contribution in [-0.2, 0) is 4.74 Å². The third-order valence-corrected chi connectivity index (χ3v) is 4.90. The quantitative estimate of drug-likeness (QED) is 0.813. The zero-order valence-electron chi connectivity index (χ0n) is 12.7. The summed E-state index contributed by atoms with van der Waals surface area (Å²) in [7, 11) is 0. The predicted molar refractivity (Wildman–Crippen MR) is 79.3 cm³/mol. The van der Waals surface area contributed by atoms with Gasteiger partial charge in [0.05, 0.1) is 12.7 Å². The van der Waals surface area contributed by atoms with Crippen molar-refractivity contribution < 1.29 is 4.74 Å². The first kappa shape index (κ1) is 15.2. The Labute approximate surface area is 118 Å². The van der Waals surface area contributed by atoms with Crippen molar-refractivity contribution in [3.05, 3.63) is 0 Å². The second kappa shape index (κ2) is 7.58. The molecule has 4 heteroatoms. The molecule has 2 heterocycles. The molecule has 2 fully saturated rings. The van der Waals surface area contributed by atoms with Crippen LogP contribution in [0.5, 0.6) is 0 Å². The molecule has 0 saturated carbocycles. The Bertz CT molecular complexity index is 262. The summed E-state index contributed by atoms with van der Waals surface area (Å²) in [5.74, 6) is 0.879. The summed E-state index contributed by atoms with van der Waals surface area (Å²) >= 11 is 0. The van der Waals surface area contributed by atoms with E-state index >= 15 is 0 Å². The summed E-state index contributed by atoms with van der Waals surface area (Å²) < 4.78 is 5.93. The maximum absolute atomic E-state index is 5.98. The molecular formula is C15H31N3O. The van der Waals surface area contributed by atoms with Gasteiger partial charge in [0, 0.05) is 32.2 Å². The minimum Gasteiger partial charge on any atom is -0.374 e. The molecule has 0 radical (unpaired) electrons. The molecule has 0 bridgehead atoms. The van der Waals surface area contributed by atoms with Crippen LogP contribution in [0.15, 0.2) is 0 Å². The van der Waals surface area contributed by atoms with Crippen molar-refractivity contribution in [3.8, 4) is 0 Å². The average Bonchev–Trinajstić information content (AvgIpc) is 2.48. The third-order valence-electron chi connectivity index (χ3n) is 4.90. The Morgan fingerprint density at radius 3 is 2.79 bits per heavy atom. The molecule has 4 nitrogen and oxygen atoms in total. The molecule has 0 aliphatic carbocycles. The van der Waals surface area contributed by atoms with Gasteiger partial charge in [-0.25, -0.2) is 0 Å². The molecule has 2 rings (SSSR count). The van der Waals surface area contributed by atoms with Gasteiger partial charge in [0.1, 0.15) is 0 Å². The highest BCUT2D eigenvalue weighted by molar-refractivity contribution is 4.85. The van der Waals surface area contributed by atoms with E-state index in [9.17, 15) is 0 Å². The molecule has 3 atom stereocenters. The predicted octanol–water partition coefficient (Wildman–Crippen LogP) is 1.16. The fourth-order valence-corrected chi connectivity index (χ4v) is 3.48. The molecule has 19 heavy (non-hydrogen) atoms. The van der Waals surface area contributed by atoms with Gasteiger partial charge in [-0.2, -0.15) is 0 Å². The van der Waals surface area contributed by atoms with Crippen molar-refractivity contribution in [2.45, 2.75) is 45.3 Å². The Hall–Kier alpha value is -0.160. The lowest BCUT2D eigenvalue weighted by molar-refractivity contribution is -0.0528. The lowest BCUT2D eigenvalue weighted by atomic mass is 9.88. The Balaban J connectivity index is 1.83. The number of rotatable bonds is 5. The van der Waals surface area contributed by atoms with E-state index in [0.717, 1.165) is 45.2 Å². The van der Waals surface area contributed by atoms with Gasteiger partial charge in [0.2, 0.25) is 0 Å². The summed E-state index contributed by atoms with van der Waals surface area (Å²) in [6.07, 6.45) is 4.28. The lowest BCUT2D eigenvalue weighted by Gasteiger charge is -2.42. The normalized spacial score (nSPS) is 34.6. The van der Waals surface area contributed by atoms with Crippen LogP contribution in [0.3, 0.4) is 0 Å². The first-order valence-corrected chi connectivity index (χ1v) is 8.04. The monoisotopic (exact) mass is 269 g/mol. The molecule has 112 valence electrons. The number of hydrogen-bond donors (Lipinski definition) is 1. The number of nitrogens with zero attached hydrogens (tertiary/aromatic N) is 2. The number of ether oxygens (including phenoxy) is 1. The second-order valence-corrected chi connectivity index (χ2v) is 6.07. The molecule has 2 aliphatic heterocycles. The molecule has 3 unspecified atom stereocenters. The van der Waals surface area contributed by atoms with E-state index in [1.54, 1.807) is 0 Å². The topological polar surface area (TPSA) is 41.7 Å². The molecule has 0 aromatic rings. The number of morpholine rings is 1. The van der Waals surface area contributed by atoms with Crippen LogP contribution in [0.1, 0.15) is 33.1 Å². The van der Waals surface area contributed by atoms with E-state index < -0.39 is 0 Å². The van der Waals surface area contributed by atoms with E-state index in [-0.39, 0.29) is 0 Å². The third kappa shape index (κ3) is 4.15. The second-order valence-electron chi connectivity index (χ2n) is 6.07. The molecule has 0 aromatic heterocycles. The van der Waals surface area contributed by atoms with E-state index in [2.05, 4.69) is 23.6 Å². The zero-order chi connectivity index (χ0) is 13.7. The van der Waals surface area contributed by atoms with Crippen LogP contribution < -0.4 is 5.73 Å². The van der Waals surface area contributed by atoms with Gasteiger partial charge in [0.25, 0.3) is 0 Å². The van der Waals surface area contributed by atoms with Crippen molar-refractivity contribution in [2.24, 2.45) is 11.7 Å². The van der Waals surface area contributed by atoms with Crippen LogP contribution in [0, 0.1) is 5.92 Å². The molecule has 0 aromatic carbocycles. The van der Waals surface area contributed by atoms with Crippen LogP contribution in [0.2, 0.25) is 0 Å². The van der Waals surface area contributed by atoms with Gasteiger partial charge in [-0.05, 0) is 31.8 Å². The van der Waals surface area contributed by atoms with Crippen LogP contribution in [-0.4, -0.2) is 67.8 Å². The van der Waals surface area contributed by atoms with Crippen LogP contribution in [0.4, 0.5) is 0 Å². The lowest BCUT2D eigenvalue weighted by Crippen LogP contribution is -2.53. The van der Waals surface area contributed by atoms with Crippen molar-refractivity contribution in [2.75, 3.05) is 45.9 Å². The Morgan fingerprint density at radius 2 is 2.11 bits per heavy atom. The van der Waals surface area contributed by atoms with E-state index in [4.69, 9.17) is 10.5 Å². The zero-order valence-corrected chi connectivity index (χ0v) is 12.7. The first-order chi connectivity index (χ1) is 9.26. The Morgan fingerprint density at radius 1 is 1.26 bits per heavy atom. The Kier molecular flexibility index (Phi) is 6.07. The number of nitrogens with two attached hydrogens (primary N) is 1. The maximum atomic E-state index is 5.98. The van der Waals surface area contributed by atoms with Gasteiger partial charge in [-0.15, -0.1) is 0 Å². The van der Waals surface area contributed by atoms with Crippen molar-refractivity contribution in [1.29, 1.82) is 0 Å². The molecule has 0 spiro atoms. The van der Waals surface area contributed by atoms with Gasteiger partial charge >= 0.3 is 0 Å². The SMILES string of the molecule is CCC1CCN(CC2CN(CC)CCO2)C(CN)C1. The first-order valence-electron chi connectivity index (χ1n) is 8.04. The van der Waals surface area contributed by atoms with Crippen LogP contribution in [0.25, 0.3) is 0 Å². The number of hydrogen-bond acceptors (Lipinski definition) is 4. The highest BCUT2D eigenvalue weighted by Gasteiger charge is 2.30. The largest absolute Gasteiger partial charge is 0.374 e. The highest BCUT2D eigenvalue weighted by Crippen LogP contribution is 2.25. The summed E-state index contributed by atoms with van der Waals surface area (Å²) in [5, 5.41) is 0. The van der Waals surface area contributed by atoms with Gasteiger partial charge in [-0.1, -0.05) is 20.3 Å². The van der Waals surface area contributed by atoms with Crippen molar-refractivity contribution in [1.82, 2.24) is 9.80 Å². The van der Waals surface area contributed by atoms with E-state index in [1.165, 1.54) is 25.8 Å². The average molecular weight is 269 g/mol. The summed E-state index contributed by atoms with van der Waals surface area (Å²) in [5.41, 5.74) is 5.98. The maximum Gasteiger partial charge on any atom is 0.0829 e. The van der Waals surface area contributed by atoms with Crippen molar-refractivity contribution in [3.63, 3.8) is 0 Å².